The van der Waals surface area contributed by atoms with Crippen molar-refractivity contribution >= 4 is 16.1 Å². The fraction of sp³-hybridized carbons (Fsp3) is 0.300. The number of halogens is 1. The fourth-order valence-electron chi connectivity index (χ4n) is 1.06. The minimum atomic E-state index is -3.83. The zero-order valence-corrected chi connectivity index (χ0v) is 9.71. The molecule has 0 saturated heterocycles. The topological polar surface area (TPSA) is 63.2 Å². The number of sulfonamides is 1. The molecule has 0 spiro atoms. The summed E-state index contributed by atoms with van der Waals surface area (Å²) in [6, 6.07) is 2.95. The summed E-state index contributed by atoms with van der Waals surface area (Å²) in [6.45, 7) is 2.96. The van der Waals surface area contributed by atoms with Crippen LogP contribution in [0.4, 0.5) is 4.39 Å². The summed E-state index contributed by atoms with van der Waals surface area (Å²) in [5, 5.41) is 0. The highest BCUT2D eigenvalue weighted by Gasteiger charge is 2.21. The summed E-state index contributed by atoms with van der Waals surface area (Å²) < 4.78 is 37.4. The van der Waals surface area contributed by atoms with Crippen molar-refractivity contribution in [2.75, 3.05) is 0 Å². The van der Waals surface area contributed by atoms with E-state index < -0.39 is 22.1 Å². The smallest absolute Gasteiger partial charge is 0.259 e. The first kappa shape index (κ1) is 12.8. The molecule has 16 heavy (non-hydrogen) atoms. The second-order valence-corrected chi connectivity index (χ2v) is 5.17. The van der Waals surface area contributed by atoms with E-state index in [0.717, 1.165) is 12.5 Å². The van der Waals surface area contributed by atoms with E-state index in [1.165, 1.54) is 12.1 Å². The highest BCUT2D eigenvalue weighted by molar-refractivity contribution is 7.89. The van der Waals surface area contributed by atoms with Crippen LogP contribution in [0.15, 0.2) is 29.2 Å². The van der Waals surface area contributed by atoms with Crippen LogP contribution in [-0.2, 0) is 14.8 Å². The summed E-state index contributed by atoms with van der Waals surface area (Å²) in [7, 11) is -3.83. The average molecular weight is 245 g/mol. The monoisotopic (exact) mass is 245 g/mol. The summed E-state index contributed by atoms with van der Waals surface area (Å²) in [6.07, 6.45) is 0. The fourth-order valence-corrected chi connectivity index (χ4v) is 2.25. The number of rotatable bonds is 4. The molecule has 0 aromatic heterocycles. The van der Waals surface area contributed by atoms with Crippen LogP contribution in [0, 0.1) is 6.92 Å². The number of nitrogens with one attached hydrogen (secondary N) is 1. The van der Waals surface area contributed by atoms with Crippen LogP contribution >= 0.6 is 0 Å². The quantitative estimate of drug-likeness (QED) is 0.809. The van der Waals surface area contributed by atoms with Gasteiger partial charge in [-0.05, 0) is 26.0 Å². The molecule has 1 N–H and O–H groups in total. The number of carbonyl (C=O) groups excluding carboxylic acids is 1. The van der Waals surface area contributed by atoms with E-state index in [1.54, 1.807) is 12.1 Å². The first-order valence-electron chi connectivity index (χ1n) is 4.61. The van der Waals surface area contributed by atoms with Gasteiger partial charge in [-0.3, -0.25) is 4.79 Å². The van der Waals surface area contributed by atoms with Gasteiger partial charge in [0.2, 0.25) is 10.0 Å². The molecule has 0 aliphatic carbocycles. The summed E-state index contributed by atoms with van der Waals surface area (Å²) >= 11 is 0. The van der Waals surface area contributed by atoms with Gasteiger partial charge < -0.3 is 0 Å². The Labute approximate surface area is 93.5 Å². The highest BCUT2D eigenvalue weighted by atomic mass is 32.2. The lowest BCUT2D eigenvalue weighted by Gasteiger charge is -2.09. The third-order valence-electron chi connectivity index (χ3n) is 2.00. The Morgan fingerprint density at radius 3 is 2.25 bits per heavy atom. The Morgan fingerprint density at radius 2 is 1.81 bits per heavy atom. The largest absolute Gasteiger partial charge is 0.319 e. The van der Waals surface area contributed by atoms with Gasteiger partial charge in [-0.2, -0.15) is 9.11 Å². The Kier molecular flexibility index (Phi) is 3.77. The lowest BCUT2D eigenvalue weighted by molar-refractivity contribution is -0.130. The van der Waals surface area contributed by atoms with E-state index >= 15 is 0 Å². The van der Waals surface area contributed by atoms with Gasteiger partial charge in [0.25, 0.3) is 0 Å². The van der Waals surface area contributed by atoms with Crippen molar-refractivity contribution in [2.24, 2.45) is 0 Å². The minimum Gasteiger partial charge on any atom is -0.259 e. The van der Waals surface area contributed by atoms with Gasteiger partial charge in [0.1, 0.15) is 6.04 Å². The maximum Gasteiger partial charge on any atom is 0.319 e. The Hall–Kier alpha value is -1.27. The molecular weight excluding hydrogens is 233 g/mol. The maximum atomic E-state index is 12.2. The third-order valence-corrected chi connectivity index (χ3v) is 3.56. The molecule has 1 aromatic carbocycles. The molecule has 1 rings (SSSR count). The number of aryl methyl sites for hydroxylation is 1. The van der Waals surface area contributed by atoms with E-state index in [9.17, 15) is 17.6 Å². The van der Waals surface area contributed by atoms with Crippen LogP contribution in [0.1, 0.15) is 12.5 Å². The van der Waals surface area contributed by atoms with Gasteiger partial charge in [-0.15, -0.1) is 0 Å². The van der Waals surface area contributed by atoms with Crippen LogP contribution in [0.2, 0.25) is 0 Å². The van der Waals surface area contributed by atoms with Crippen molar-refractivity contribution in [3.63, 3.8) is 0 Å². The highest BCUT2D eigenvalue weighted by Crippen LogP contribution is 2.10. The van der Waals surface area contributed by atoms with Crippen molar-refractivity contribution in [3.05, 3.63) is 29.8 Å². The minimum absolute atomic E-state index is 0.00574. The normalized spacial score (nSPS) is 13.4. The van der Waals surface area contributed by atoms with Crippen molar-refractivity contribution in [1.29, 1.82) is 0 Å². The number of benzene rings is 1. The van der Waals surface area contributed by atoms with Crippen molar-refractivity contribution in [2.45, 2.75) is 24.8 Å². The second kappa shape index (κ2) is 4.71. The molecule has 88 valence electrons. The molecule has 0 bridgehead atoms. The lowest BCUT2D eigenvalue weighted by atomic mass is 10.2. The second-order valence-electron chi connectivity index (χ2n) is 3.46. The zero-order valence-electron chi connectivity index (χ0n) is 8.90. The molecule has 4 nitrogen and oxygen atoms in total. The number of hydrogen-bond acceptors (Lipinski definition) is 3. The Bertz CT molecular complexity index is 481. The van der Waals surface area contributed by atoms with Crippen molar-refractivity contribution < 1.29 is 17.6 Å². The van der Waals surface area contributed by atoms with E-state index in [0.29, 0.717) is 0 Å². The maximum absolute atomic E-state index is 12.2. The van der Waals surface area contributed by atoms with Gasteiger partial charge >= 0.3 is 6.04 Å². The van der Waals surface area contributed by atoms with Crippen LogP contribution in [0.5, 0.6) is 0 Å². The molecule has 0 fully saturated rings. The van der Waals surface area contributed by atoms with Gasteiger partial charge in [0, 0.05) is 0 Å². The van der Waals surface area contributed by atoms with Crippen LogP contribution in [-0.4, -0.2) is 20.5 Å². The van der Waals surface area contributed by atoms with Gasteiger partial charge in [0.15, 0.2) is 0 Å². The van der Waals surface area contributed by atoms with E-state index in [4.69, 9.17) is 0 Å². The molecule has 0 saturated carbocycles. The van der Waals surface area contributed by atoms with E-state index in [1.807, 2.05) is 11.6 Å². The molecule has 0 aliphatic heterocycles. The molecule has 1 atom stereocenters. The van der Waals surface area contributed by atoms with Crippen LogP contribution in [0.25, 0.3) is 0 Å². The molecule has 0 aliphatic rings. The first-order chi connectivity index (χ1) is 7.33. The predicted molar refractivity (Wildman–Crippen MR) is 57.1 cm³/mol. The molecule has 1 aromatic rings. The molecule has 0 unspecified atom stereocenters. The van der Waals surface area contributed by atoms with E-state index in [2.05, 4.69) is 0 Å². The van der Waals surface area contributed by atoms with Crippen LogP contribution < -0.4 is 4.72 Å². The van der Waals surface area contributed by atoms with Crippen molar-refractivity contribution in [3.8, 4) is 0 Å². The van der Waals surface area contributed by atoms with Gasteiger partial charge in [-0.25, -0.2) is 8.42 Å². The Balaban J connectivity index is 2.94. The molecule has 0 heterocycles. The standard InChI is InChI=1S/C10H12FNO3S/c1-7-3-5-9(6-4-7)16(14,15)12-8(2)10(11)13/h3-6,8,12H,1-2H3/t8-/m0/s1. The molecule has 6 heteroatoms. The average Bonchev–Trinajstić information content (AvgIpc) is 2.17. The first-order valence-corrected chi connectivity index (χ1v) is 6.09. The molecule has 0 radical (unpaired) electrons. The van der Waals surface area contributed by atoms with Gasteiger partial charge in [-0.1, -0.05) is 17.7 Å². The van der Waals surface area contributed by atoms with Crippen molar-refractivity contribution in [1.82, 2.24) is 4.72 Å². The SMILES string of the molecule is Cc1ccc(S(=O)(=O)N[C@@H](C)C(=O)F)cc1. The molecule has 0 amide bonds. The number of carbonyl (C=O) groups is 1. The summed E-state index contributed by atoms with van der Waals surface area (Å²) in [5.74, 6) is 0. The summed E-state index contributed by atoms with van der Waals surface area (Å²) in [5.41, 5.74) is 0.911. The van der Waals surface area contributed by atoms with Gasteiger partial charge in [0.05, 0.1) is 4.90 Å². The number of hydrogen-bond donors (Lipinski definition) is 1. The summed E-state index contributed by atoms with van der Waals surface area (Å²) in [4.78, 5) is 10.3. The zero-order chi connectivity index (χ0) is 12.3. The Morgan fingerprint density at radius 1 is 1.31 bits per heavy atom. The molecular formula is C10H12FNO3S. The van der Waals surface area contributed by atoms with Crippen LogP contribution in [0.3, 0.4) is 0 Å². The predicted octanol–water partition coefficient (Wildman–Crippen LogP) is 1.16. The van der Waals surface area contributed by atoms with E-state index in [-0.39, 0.29) is 4.90 Å². The third kappa shape index (κ3) is 3.11. The lowest BCUT2D eigenvalue weighted by Crippen LogP contribution is -2.36.